The van der Waals surface area contributed by atoms with Crippen molar-refractivity contribution in [3.8, 4) is 0 Å². The van der Waals surface area contributed by atoms with Crippen molar-refractivity contribution >= 4 is 11.7 Å². The standard InChI is InChI=1S/C13H20N4O/c1-2-10-6-3-4-9-17(10)13(18)11-7-5-8-12(15-11)16-14/h5,7-8,10H,2-4,6,9,14H2,1H3,(H,15,16). The molecule has 0 radical (unpaired) electrons. The number of carbonyl (C=O) groups excluding carboxylic acids is 1. The number of hydrogen-bond donors (Lipinski definition) is 2. The summed E-state index contributed by atoms with van der Waals surface area (Å²) in [6, 6.07) is 5.62. The van der Waals surface area contributed by atoms with Crippen molar-refractivity contribution in [3.05, 3.63) is 23.9 Å². The SMILES string of the molecule is CCC1CCCCN1C(=O)c1cccc(NN)n1. The fourth-order valence-electron chi connectivity index (χ4n) is 2.47. The molecule has 1 aromatic heterocycles. The minimum absolute atomic E-state index is 0.0126. The average molecular weight is 248 g/mol. The molecule has 2 rings (SSSR count). The molecule has 1 amide bonds. The number of hydrazine groups is 1. The van der Waals surface area contributed by atoms with Gasteiger partial charge >= 0.3 is 0 Å². The number of anilines is 1. The third kappa shape index (κ3) is 2.61. The van der Waals surface area contributed by atoms with Gasteiger partial charge in [0.05, 0.1) is 0 Å². The number of nitrogens with zero attached hydrogens (tertiary/aromatic N) is 2. The molecule has 1 saturated heterocycles. The van der Waals surface area contributed by atoms with E-state index in [1.54, 1.807) is 18.2 Å². The van der Waals surface area contributed by atoms with E-state index in [0.717, 1.165) is 25.8 Å². The van der Waals surface area contributed by atoms with Crippen molar-refractivity contribution in [1.82, 2.24) is 9.88 Å². The Hall–Kier alpha value is -1.62. The van der Waals surface area contributed by atoms with Crippen LogP contribution >= 0.6 is 0 Å². The van der Waals surface area contributed by atoms with Gasteiger partial charge in [0.25, 0.3) is 5.91 Å². The summed E-state index contributed by atoms with van der Waals surface area (Å²) >= 11 is 0. The summed E-state index contributed by atoms with van der Waals surface area (Å²) in [6.45, 7) is 2.96. The first-order chi connectivity index (χ1) is 8.76. The van der Waals surface area contributed by atoms with Gasteiger partial charge < -0.3 is 10.3 Å². The van der Waals surface area contributed by atoms with Gasteiger partial charge in [-0.2, -0.15) is 0 Å². The second-order valence-electron chi connectivity index (χ2n) is 4.61. The number of nitrogens with one attached hydrogen (secondary N) is 1. The molecule has 1 atom stereocenters. The van der Waals surface area contributed by atoms with Crippen molar-refractivity contribution in [1.29, 1.82) is 0 Å². The molecule has 1 aliphatic rings. The van der Waals surface area contributed by atoms with Crippen LogP contribution in [0.2, 0.25) is 0 Å². The molecule has 1 unspecified atom stereocenters. The highest BCUT2D eigenvalue weighted by Gasteiger charge is 2.26. The quantitative estimate of drug-likeness (QED) is 0.631. The summed E-state index contributed by atoms with van der Waals surface area (Å²) in [6.07, 6.45) is 4.38. The van der Waals surface area contributed by atoms with Crippen molar-refractivity contribution in [2.45, 2.75) is 38.6 Å². The Balaban J connectivity index is 2.18. The first-order valence-electron chi connectivity index (χ1n) is 6.51. The number of amides is 1. The number of pyridine rings is 1. The fraction of sp³-hybridized carbons (Fsp3) is 0.538. The molecular formula is C13H20N4O. The monoisotopic (exact) mass is 248 g/mol. The maximum Gasteiger partial charge on any atom is 0.272 e. The number of nitrogens with two attached hydrogens (primary N) is 1. The lowest BCUT2D eigenvalue weighted by molar-refractivity contribution is 0.0602. The maximum absolute atomic E-state index is 12.4. The van der Waals surface area contributed by atoms with Gasteiger partial charge in [0.1, 0.15) is 11.5 Å². The van der Waals surface area contributed by atoms with Crippen LogP contribution in [0.5, 0.6) is 0 Å². The Kier molecular flexibility index (Phi) is 4.15. The second kappa shape index (κ2) is 5.82. The smallest absolute Gasteiger partial charge is 0.272 e. The summed E-state index contributed by atoms with van der Waals surface area (Å²) in [5, 5.41) is 0. The Morgan fingerprint density at radius 3 is 3.11 bits per heavy atom. The summed E-state index contributed by atoms with van der Waals surface area (Å²) in [5.74, 6) is 5.85. The van der Waals surface area contributed by atoms with Gasteiger partial charge in [-0.3, -0.25) is 4.79 Å². The first kappa shape index (κ1) is 12.8. The van der Waals surface area contributed by atoms with Crippen LogP contribution in [0.1, 0.15) is 43.1 Å². The van der Waals surface area contributed by atoms with Crippen LogP contribution in [-0.2, 0) is 0 Å². The van der Waals surface area contributed by atoms with E-state index in [1.807, 2.05) is 4.90 Å². The number of piperidine rings is 1. The van der Waals surface area contributed by atoms with E-state index >= 15 is 0 Å². The van der Waals surface area contributed by atoms with Crippen LogP contribution in [0.25, 0.3) is 0 Å². The molecule has 1 fully saturated rings. The molecule has 2 heterocycles. The lowest BCUT2D eigenvalue weighted by Crippen LogP contribution is -2.43. The molecule has 0 spiro atoms. The summed E-state index contributed by atoms with van der Waals surface area (Å²) in [4.78, 5) is 18.6. The normalized spacial score (nSPS) is 19.7. The van der Waals surface area contributed by atoms with Gasteiger partial charge in [-0.15, -0.1) is 0 Å². The number of nitrogen functional groups attached to an aromatic ring is 1. The first-order valence-corrected chi connectivity index (χ1v) is 6.51. The van der Waals surface area contributed by atoms with E-state index in [-0.39, 0.29) is 5.91 Å². The van der Waals surface area contributed by atoms with E-state index in [4.69, 9.17) is 5.84 Å². The Morgan fingerprint density at radius 1 is 1.56 bits per heavy atom. The topological polar surface area (TPSA) is 71.2 Å². The average Bonchev–Trinajstić information content (AvgIpc) is 2.46. The van der Waals surface area contributed by atoms with Crippen molar-refractivity contribution < 1.29 is 4.79 Å². The molecule has 3 N–H and O–H groups in total. The van der Waals surface area contributed by atoms with Crippen LogP contribution in [0.4, 0.5) is 5.82 Å². The molecule has 0 saturated carbocycles. The van der Waals surface area contributed by atoms with Gasteiger partial charge in [0.2, 0.25) is 0 Å². The minimum Gasteiger partial charge on any atom is -0.334 e. The predicted octanol–water partition coefficient (Wildman–Crippen LogP) is 1.77. The van der Waals surface area contributed by atoms with E-state index < -0.39 is 0 Å². The van der Waals surface area contributed by atoms with Gasteiger partial charge in [0, 0.05) is 12.6 Å². The zero-order valence-electron chi connectivity index (χ0n) is 10.7. The van der Waals surface area contributed by atoms with E-state index in [0.29, 0.717) is 17.6 Å². The van der Waals surface area contributed by atoms with Crippen molar-refractivity contribution in [3.63, 3.8) is 0 Å². The highest BCUT2D eigenvalue weighted by Crippen LogP contribution is 2.21. The molecule has 0 bridgehead atoms. The molecule has 5 heteroatoms. The zero-order chi connectivity index (χ0) is 13.0. The number of carbonyl (C=O) groups is 1. The molecule has 1 aromatic rings. The van der Waals surface area contributed by atoms with Crippen LogP contribution in [0.15, 0.2) is 18.2 Å². The van der Waals surface area contributed by atoms with E-state index in [1.165, 1.54) is 6.42 Å². The van der Waals surface area contributed by atoms with Crippen LogP contribution in [-0.4, -0.2) is 28.4 Å². The van der Waals surface area contributed by atoms with Gasteiger partial charge in [-0.05, 0) is 37.8 Å². The molecule has 0 aromatic carbocycles. The lowest BCUT2D eigenvalue weighted by Gasteiger charge is -2.35. The predicted molar refractivity (Wildman–Crippen MR) is 71.0 cm³/mol. The van der Waals surface area contributed by atoms with Gasteiger partial charge in [-0.1, -0.05) is 13.0 Å². The lowest BCUT2D eigenvalue weighted by atomic mass is 9.99. The number of likely N-dealkylation sites (tertiary alicyclic amines) is 1. The van der Waals surface area contributed by atoms with Crippen LogP contribution < -0.4 is 11.3 Å². The van der Waals surface area contributed by atoms with E-state index in [2.05, 4.69) is 17.3 Å². The van der Waals surface area contributed by atoms with Gasteiger partial charge in [0.15, 0.2) is 0 Å². The number of rotatable bonds is 3. The second-order valence-corrected chi connectivity index (χ2v) is 4.61. The molecule has 98 valence electrons. The Morgan fingerprint density at radius 2 is 2.39 bits per heavy atom. The summed E-state index contributed by atoms with van der Waals surface area (Å²) in [5.41, 5.74) is 2.93. The summed E-state index contributed by atoms with van der Waals surface area (Å²) < 4.78 is 0. The Labute approximate surface area is 107 Å². The largest absolute Gasteiger partial charge is 0.334 e. The maximum atomic E-state index is 12.4. The van der Waals surface area contributed by atoms with Crippen molar-refractivity contribution in [2.24, 2.45) is 5.84 Å². The fourth-order valence-corrected chi connectivity index (χ4v) is 2.47. The van der Waals surface area contributed by atoms with Gasteiger partial charge in [-0.25, -0.2) is 10.8 Å². The number of aromatic nitrogens is 1. The molecule has 1 aliphatic heterocycles. The zero-order valence-corrected chi connectivity index (χ0v) is 10.7. The molecular weight excluding hydrogens is 228 g/mol. The molecule has 5 nitrogen and oxygen atoms in total. The highest BCUT2D eigenvalue weighted by molar-refractivity contribution is 5.93. The third-order valence-electron chi connectivity index (χ3n) is 3.48. The molecule has 0 aliphatic carbocycles. The number of hydrogen-bond acceptors (Lipinski definition) is 4. The third-order valence-corrected chi connectivity index (χ3v) is 3.48. The minimum atomic E-state index is 0.0126. The van der Waals surface area contributed by atoms with Crippen LogP contribution in [0.3, 0.4) is 0 Å². The molecule has 18 heavy (non-hydrogen) atoms. The van der Waals surface area contributed by atoms with Crippen molar-refractivity contribution in [2.75, 3.05) is 12.0 Å². The van der Waals surface area contributed by atoms with E-state index in [9.17, 15) is 4.79 Å². The van der Waals surface area contributed by atoms with Crippen LogP contribution in [0, 0.1) is 0 Å². The summed E-state index contributed by atoms with van der Waals surface area (Å²) in [7, 11) is 0. The highest BCUT2D eigenvalue weighted by atomic mass is 16.2. The Bertz CT molecular complexity index is 421.